The molecule has 1 aromatic rings. The number of hydrogen-bond donors (Lipinski definition) is 0. The Morgan fingerprint density at radius 3 is 2.86 bits per heavy atom. The van der Waals surface area contributed by atoms with Gasteiger partial charge in [0.1, 0.15) is 0 Å². The fourth-order valence-electron chi connectivity index (χ4n) is 3.11. The molecule has 3 rings (SSSR count). The average molecular weight is 330 g/mol. The summed E-state index contributed by atoms with van der Waals surface area (Å²) in [5.41, 5.74) is 0. The van der Waals surface area contributed by atoms with Crippen LogP contribution in [-0.2, 0) is 14.9 Å². The van der Waals surface area contributed by atoms with E-state index in [4.69, 9.17) is 4.74 Å². The van der Waals surface area contributed by atoms with Crippen molar-refractivity contribution in [2.24, 2.45) is 0 Å². The van der Waals surface area contributed by atoms with Crippen LogP contribution in [0.4, 0.5) is 0 Å². The van der Waals surface area contributed by atoms with Crippen molar-refractivity contribution in [1.29, 1.82) is 0 Å². The van der Waals surface area contributed by atoms with Gasteiger partial charge in [0.15, 0.2) is 0 Å². The van der Waals surface area contributed by atoms with Crippen LogP contribution in [0, 0.1) is 0 Å². The zero-order valence-electron chi connectivity index (χ0n) is 12.4. The largest absolute Gasteiger partial charge is 0.375 e. The van der Waals surface area contributed by atoms with Crippen LogP contribution >= 0.6 is 11.3 Å². The molecule has 2 fully saturated rings. The lowest BCUT2D eigenvalue weighted by molar-refractivity contribution is -0.0192. The van der Waals surface area contributed by atoms with E-state index in [0.29, 0.717) is 19.7 Å². The van der Waals surface area contributed by atoms with Crippen LogP contribution < -0.4 is 0 Å². The predicted octanol–water partition coefficient (Wildman–Crippen LogP) is 2.24. The Morgan fingerprint density at radius 2 is 2.14 bits per heavy atom. The van der Waals surface area contributed by atoms with Gasteiger partial charge in [0, 0.05) is 24.0 Å². The fraction of sp³-hybridized carbons (Fsp3) is 0.714. The number of thiophene rings is 1. The average Bonchev–Trinajstić information content (AvgIpc) is 3.10. The Morgan fingerprint density at radius 1 is 1.33 bits per heavy atom. The van der Waals surface area contributed by atoms with Gasteiger partial charge in [0.25, 0.3) is 10.2 Å². The van der Waals surface area contributed by atoms with E-state index in [1.54, 1.807) is 19.9 Å². The van der Waals surface area contributed by atoms with Crippen molar-refractivity contribution in [3.8, 4) is 0 Å². The van der Waals surface area contributed by atoms with Gasteiger partial charge in [-0.05, 0) is 38.1 Å². The molecule has 0 radical (unpaired) electrons. The molecule has 0 amide bonds. The molecule has 0 aromatic carbocycles. The van der Waals surface area contributed by atoms with E-state index in [0.717, 1.165) is 17.7 Å². The fourth-order valence-corrected chi connectivity index (χ4v) is 6.13. The summed E-state index contributed by atoms with van der Waals surface area (Å²) in [7, 11) is -3.43. The quantitative estimate of drug-likeness (QED) is 0.854. The molecule has 2 saturated heterocycles. The molecule has 3 heterocycles. The zero-order valence-corrected chi connectivity index (χ0v) is 14.1. The van der Waals surface area contributed by atoms with Gasteiger partial charge in [-0.15, -0.1) is 11.3 Å². The van der Waals surface area contributed by atoms with Crippen LogP contribution in [0.15, 0.2) is 17.5 Å². The Kier molecular flexibility index (Phi) is 4.38. The number of ether oxygens (including phenoxy) is 1. The third-order valence-electron chi connectivity index (χ3n) is 4.22. The molecule has 7 heteroatoms. The first-order valence-corrected chi connectivity index (χ1v) is 9.71. The second-order valence-electron chi connectivity index (χ2n) is 5.85. The molecule has 0 saturated carbocycles. The number of morpholine rings is 1. The van der Waals surface area contributed by atoms with Crippen molar-refractivity contribution in [1.82, 2.24) is 8.61 Å². The monoisotopic (exact) mass is 330 g/mol. The molecule has 5 nitrogen and oxygen atoms in total. The van der Waals surface area contributed by atoms with Crippen LogP contribution in [0.1, 0.15) is 37.6 Å². The van der Waals surface area contributed by atoms with Crippen molar-refractivity contribution < 1.29 is 13.2 Å². The number of rotatable bonds is 3. The second-order valence-corrected chi connectivity index (χ2v) is 8.67. The Labute approximate surface area is 130 Å². The maximum atomic E-state index is 13.1. The summed E-state index contributed by atoms with van der Waals surface area (Å²) in [5, 5.41) is 2.01. The topological polar surface area (TPSA) is 49.9 Å². The van der Waals surface area contributed by atoms with E-state index in [1.165, 1.54) is 0 Å². The van der Waals surface area contributed by atoms with Crippen LogP contribution in [0.2, 0.25) is 0 Å². The van der Waals surface area contributed by atoms with Gasteiger partial charge in [-0.3, -0.25) is 0 Å². The van der Waals surface area contributed by atoms with Gasteiger partial charge in [-0.2, -0.15) is 17.0 Å². The summed E-state index contributed by atoms with van der Waals surface area (Å²) < 4.78 is 35.0. The van der Waals surface area contributed by atoms with Gasteiger partial charge in [0.2, 0.25) is 0 Å². The minimum absolute atomic E-state index is 0.000325. The van der Waals surface area contributed by atoms with E-state index in [1.807, 2.05) is 31.4 Å². The highest BCUT2D eigenvalue weighted by atomic mass is 32.2. The van der Waals surface area contributed by atoms with Gasteiger partial charge >= 0.3 is 0 Å². The normalized spacial score (nSPS) is 32.6. The summed E-state index contributed by atoms with van der Waals surface area (Å²) >= 11 is 1.64. The first kappa shape index (κ1) is 15.4. The Balaban J connectivity index is 1.86. The number of nitrogens with zero attached hydrogens (tertiary/aromatic N) is 2. The van der Waals surface area contributed by atoms with Crippen molar-refractivity contribution in [3.05, 3.63) is 22.4 Å². The van der Waals surface area contributed by atoms with Gasteiger partial charge < -0.3 is 4.74 Å². The summed E-state index contributed by atoms with van der Waals surface area (Å²) in [6, 6.07) is 3.92. The van der Waals surface area contributed by atoms with E-state index in [9.17, 15) is 8.42 Å². The first-order valence-electron chi connectivity index (χ1n) is 7.44. The van der Waals surface area contributed by atoms with Crippen molar-refractivity contribution in [2.45, 2.75) is 44.9 Å². The molecule has 21 heavy (non-hydrogen) atoms. The Bertz CT molecular complexity index is 573. The predicted molar refractivity (Wildman–Crippen MR) is 83.5 cm³/mol. The van der Waals surface area contributed by atoms with Gasteiger partial charge in [-0.1, -0.05) is 6.07 Å². The lowest BCUT2D eigenvalue weighted by Crippen LogP contribution is -2.54. The summed E-state index contributed by atoms with van der Waals surface area (Å²) in [6.45, 7) is 5.37. The Hall–Kier alpha value is -0.470. The van der Waals surface area contributed by atoms with Crippen LogP contribution in [0.3, 0.4) is 0 Å². The van der Waals surface area contributed by atoms with E-state index in [2.05, 4.69) is 0 Å². The highest BCUT2D eigenvalue weighted by molar-refractivity contribution is 7.86. The lowest BCUT2D eigenvalue weighted by atomic mass is 10.2. The van der Waals surface area contributed by atoms with E-state index >= 15 is 0 Å². The molecule has 2 aliphatic heterocycles. The molecule has 0 bridgehead atoms. The summed E-state index contributed by atoms with van der Waals surface area (Å²) in [6.07, 6.45) is 1.79. The first-order chi connectivity index (χ1) is 10.00. The summed E-state index contributed by atoms with van der Waals surface area (Å²) in [5.74, 6) is 0. The third kappa shape index (κ3) is 2.90. The molecule has 0 unspecified atom stereocenters. The minimum atomic E-state index is -3.43. The molecule has 2 aliphatic rings. The second kappa shape index (κ2) is 5.96. The van der Waals surface area contributed by atoms with Crippen molar-refractivity contribution >= 4 is 21.5 Å². The molecule has 0 N–H and O–H groups in total. The van der Waals surface area contributed by atoms with Crippen LogP contribution in [0.5, 0.6) is 0 Å². The molecule has 1 aromatic heterocycles. The maximum Gasteiger partial charge on any atom is 0.282 e. The SMILES string of the molecule is C[C@@H]1CN(S(=O)(=O)N2CCC[C@@H]2c2cccs2)[C@@H](C)CO1. The highest BCUT2D eigenvalue weighted by Gasteiger charge is 2.42. The molecule has 3 atom stereocenters. The third-order valence-corrected chi connectivity index (χ3v) is 7.32. The molecule has 0 aliphatic carbocycles. The number of hydrogen-bond acceptors (Lipinski definition) is 4. The van der Waals surface area contributed by atoms with E-state index < -0.39 is 10.2 Å². The maximum absolute atomic E-state index is 13.1. The molecular formula is C14H22N2O3S2. The molecule has 118 valence electrons. The van der Waals surface area contributed by atoms with Crippen molar-refractivity contribution in [2.75, 3.05) is 19.7 Å². The smallest absolute Gasteiger partial charge is 0.282 e. The summed E-state index contributed by atoms with van der Waals surface area (Å²) in [4.78, 5) is 1.14. The van der Waals surface area contributed by atoms with Crippen LogP contribution in [-0.4, -0.2) is 48.9 Å². The van der Waals surface area contributed by atoms with Crippen LogP contribution in [0.25, 0.3) is 0 Å². The van der Waals surface area contributed by atoms with E-state index in [-0.39, 0.29) is 18.2 Å². The highest BCUT2D eigenvalue weighted by Crippen LogP contribution is 2.38. The van der Waals surface area contributed by atoms with Gasteiger partial charge in [-0.25, -0.2) is 0 Å². The van der Waals surface area contributed by atoms with Gasteiger partial charge in [0.05, 0.1) is 18.8 Å². The standard InChI is InChI=1S/C14H22N2O3S2/c1-11-10-19-12(2)9-16(11)21(17,18)15-7-3-5-13(15)14-6-4-8-20-14/h4,6,8,11-13H,3,5,7,9-10H2,1-2H3/t11-,12+,13+/m0/s1. The molecular weight excluding hydrogens is 308 g/mol. The van der Waals surface area contributed by atoms with Crippen molar-refractivity contribution in [3.63, 3.8) is 0 Å². The minimum Gasteiger partial charge on any atom is -0.375 e. The molecule has 0 spiro atoms. The lowest BCUT2D eigenvalue weighted by Gasteiger charge is -2.39. The zero-order chi connectivity index (χ0) is 15.0.